The van der Waals surface area contributed by atoms with Gasteiger partial charge in [-0.15, -0.1) is 5.10 Å². The van der Waals surface area contributed by atoms with Crippen molar-refractivity contribution in [3.8, 4) is 5.69 Å². The third-order valence-corrected chi connectivity index (χ3v) is 4.62. The molecule has 0 radical (unpaired) electrons. The quantitative estimate of drug-likeness (QED) is 0.542. The van der Waals surface area contributed by atoms with Gasteiger partial charge in [0.2, 0.25) is 0 Å². The number of nitrogens with one attached hydrogen (secondary N) is 1. The third-order valence-electron chi connectivity index (χ3n) is 4.62. The SMILES string of the molecule is Cc1c(C(=O)Nc2cnn(CCN(C)C)c2)nnn1-c1cccc2cccnc12. The summed E-state index contributed by atoms with van der Waals surface area (Å²) in [6, 6.07) is 9.70. The highest BCUT2D eigenvalue weighted by molar-refractivity contribution is 6.03. The fourth-order valence-electron chi connectivity index (χ4n) is 3.07. The maximum Gasteiger partial charge on any atom is 0.278 e. The molecule has 0 bridgehead atoms. The fraction of sp³-hybridized carbons (Fsp3) is 0.250. The number of aromatic nitrogens is 6. The van der Waals surface area contributed by atoms with Gasteiger partial charge < -0.3 is 10.2 Å². The summed E-state index contributed by atoms with van der Waals surface area (Å²) < 4.78 is 3.44. The molecule has 148 valence electrons. The molecule has 0 aliphatic heterocycles. The largest absolute Gasteiger partial charge is 0.318 e. The summed E-state index contributed by atoms with van der Waals surface area (Å²) in [5.41, 5.74) is 3.11. The number of fused-ring (bicyclic) bond motifs is 1. The molecule has 0 atom stereocenters. The maximum absolute atomic E-state index is 12.7. The highest BCUT2D eigenvalue weighted by atomic mass is 16.2. The lowest BCUT2D eigenvalue weighted by Crippen LogP contribution is -2.18. The number of nitrogens with zero attached hydrogens (tertiary/aromatic N) is 7. The Morgan fingerprint density at radius 2 is 2.03 bits per heavy atom. The van der Waals surface area contributed by atoms with Gasteiger partial charge in [0.25, 0.3) is 5.91 Å². The second kappa shape index (κ2) is 7.80. The van der Waals surface area contributed by atoms with Crippen molar-refractivity contribution in [3.05, 3.63) is 60.3 Å². The van der Waals surface area contributed by atoms with Crippen LogP contribution in [0.25, 0.3) is 16.6 Å². The van der Waals surface area contributed by atoms with Gasteiger partial charge in [-0.3, -0.25) is 14.5 Å². The van der Waals surface area contributed by atoms with E-state index in [1.165, 1.54) is 0 Å². The van der Waals surface area contributed by atoms with E-state index in [1.54, 1.807) is 28.0 Å². The van der Waals surface area contributed by atoms with E-state index < -0.39 is 0 Å². The summed E-state index contributed by atoms with van der Waals surface area (Å²) in [7, 11) is 4.01. The van der Waals surface area contributed by atoms with Crippen molar-refractivity contribution in [2.24, 2.45) is 0 Å². The smallest absolute Gasteiger partial charge is 0.278 e. The second-order valence-electron chi connectivity index (χ2n) is 7.04. The predicted molar refractivity (Wildman–Crippen MR) is 110 cm³/mol. The van der Waals surface area contributed by atoms with E-state index in [0.717, 1.165) is 29.7 Å². The van der Waals surface area contributed by atoms with Gasteiger partial charge in [-0.1, -0.05) is 23.4 Å². The molecule has 0 fully saturated rings. The first kappa shape index (κ1) is 18.8. The molecule has 0 aliphatic carbocycles. The van der Waals surface area contributed by atoms with Crippen LogP contribution in [-0.4, -0.2) is 61.2 Å². The predicted octanol–water partition coefficient (Wildman–Crippen LogP) is 2.13. The molecule has 0 spiro atoms. The van der Waals surface area contributed by atoms with Gasteiger partial charge in [-0.05, 0) is 33.2 Å². The molecule has 4 aromatic rings. The monoisotopic (exact) mass is 390 g/mol. The topological polar surface area (TPSA) is 93.8 Å². The van der Waals surface area contributed by atoms with Crippen LogP contribution in [0.3, 0.4) is 0 Å². The fourth-order valence-corrected chi connectivity index (χ4v) is 3.07. The van der Waals surface area contributed by atoms with Crippen molar-refractivity contribution in [2.45, 2.75) is 13.5 Å². The van der Waals surface area contributed by atoms with Crippen LogP contribution in [-0.2, 0) is 6.54 Å². The minimum atomic E-state index is -0.325. The van der Waals surface area contributed by atoms with Gasteiger partial charge in [0, 0.05) is 24.3 Å². The Balaban J connectivity index is 1.56. The number of likely N-dealkylation sites (N-methyl/N-ethyl adjacent to an activating group) is 1. The molecule has 3 aromatic heterocycles. The van der Waals surface area contributed by atoms with Gasteiger partial charge in [-0.2, -0.15) is 5.10 Å². The molecule has 0 aliphatic rings. The molecule has 0 saturated carbocycles. The van der Waals surface area contributed by atoms with Crippen LogP contribution in [0.1, 0.15) is 16.2 Å². The molecule has 9 heteroatoms. The summed E-state index contributed by atoms with van der Waals surface area (Å²) in [4.78, 5) is 19.3. The Morgan fingerprint density at radius 3 is 2.86 bits per heavy atom. The molecule has 4 rings (SSSR count). The number of para-hydroxylation sites is 1. The molecule has 0 unspecified atom stereocenters. The number of hydrogen-bond acceptors (Lipinski definition) is 6. The highest BCUT2D eigenvalue weighted by Crippen LogP contribution is 2.21. The number of amides is 1. The zero-order chi connectivity index (χ0) is 20.4. The Hall–Kier alpha value is -3.59. The lowest BCUT2D eigenvalue weighted by molar-refractivity contribution is 0.102. The van der Waals surface area contributed by atoms with E-state index in [4.69, 9.17) is 0 Å². The summed E-state index contributed by atoms with van der Waals surface area (Å²) in [5, 5.41) is 16.4. The maximum atomic E-state index is 12.7. The van der Waals surface area contributed by atoms with E-state index in [9.17, 15) is 4.79 Å². The van der Waals surface area contributed by atoms with Crippen molar-refractivity contribution in [2.75, 3.05) is 26.0 Å². The van der Waals surface area contributed by atoms with Crippen LogP contribution < -0.4 is 5.32 Å². The Labute approximate surface area is 168 Å². The number of carbonyl (C=O) groups is 1. The Kier molecular flexibility index (Phi) is 5.05. The van der Waals surface area contributed by atoms with Gasteiger partial charge in [-0.25, -0.2) is 4.68 Å². The average Bonchev–Trinajstić information content (AvgIpc) is 3.32. The molecular weight excluding hydrogens is 368 g/mol. The summed E-state index contributed by atoms with van der Waals surface area (Å²) in [6.07, 6.45) is 5.16. The van der Waals surface area contributed by atoms with Gasteiger partial charge in [0.05, 0.1) is 35.3 Å². The molecular formula is C20H22N8O. The molecule has 0 saturated heterocycles. The summed E-state index contributed by atoms with van der Waals surface area (Å²) >= 11 is 0. The number of hydrogen-bond donors (Lipinski definition) is 1. The van der Waals surface area contributed by atoms with Crippen LogP contribution in [0.5, 0.6) is 0 Å². The molecule has 29 heavy (non-hydrogen) atoms. The van der Waals surface area contributed by atoms with E-state index in [0.29, 0.717) is 11.4 Å². The molecule has 1 N–H and O–H groups in total. The molecule has 1 amide bonds. The lowest BCUT2D eigenvalue weighted by Gasteiger charge is -2.08. The van der Waals surface area contributed by atoms with Gasteiger partial charge in [0.15, 0.2) is 5.69 Å². The number of pyridine rings is 1. The van der Waals surface area contributed by atoms with Crippen molar-refractivity contribution in [1.82, 2.24) is 34.7 Å². The van der Waals surface area contributed by atoms with E-state index in [-0.39, 0.29) is 11.6 Å². The van der Waals surface area contributed by atoms with Crippen molar-refractivity contribution in [3.63, 3.8) is 0 Å². The van der Waals surface area contributed by atoms with Gasteiger partial charge >= 0.3 is 0 Å². The van der Waals surface area contributed by atoms with Crippen LogP contribution in [0.2, 0.25) is 0 Å². The molecule has 9 nitrogen and oxygen atoms in total. The standard InChI is InChI=1S/C20H22N8O/c1-14-18(20(29)23-16-12-22-27(13-16)11-10-26(2)3)24-25-28(14)17-8-4-6-15-7-5-9-21-19(15)17/h4-9,12-13H,10-11H2,1-3H3,(H,23,29). The number of rotatable bonds is 6. The lowest BCUT2D eigenvalue weighted by atomic mass is 10.2. The summed E-state index contributed by atoms with van der Waals surface area (Å²) in [5.74, 6) is -0.325. The molecule has 1 aromatic carbocycles. The van der Waals surface area contributed by atoms with Crippen molar-refractivity contribution in [1.29, 1.82) is 0 Å². The van der Waals surface area contributed by atoms with E-state index >= 15 is 0 Å². The number of anilines is 1. The van der Waals surface area contributed by atoms with Crippen molar-refractivity contribution < 1.29 is 4.79 Å². The zero-order valence-corrected chi connectivity index (χ0v) is 16.6. The molecule has 3 heterocycles. The third kappa shape index (κ3) is 3.85. The average molecular weight is 390 g/mol. The minimum Gasteiger partial charge on any atom is -0.318 e. The van der Waals surface area contributed by atoms with Crippen LogP contribution in [0, 0.1) is 6.92 Å². The Morgan fingerprint density at radius 1 is 1.21 bits per heavy atom. The van der Waals surface area contributed by atoms with Crippen LogP contribution in [0.4, 0.5) is 5.69 Å². The van der Waals surface area contributed by atoms with E-state index in [2.05, 4.69) is 30.6 Å². The zero-order valence-electron chi connectivity index (χ0n) is 16.6. The van der Waals surface area contributed by atoms with Crippen LogP contribution >= 0.6 is 0 Å². The highest BCUT2D eigenvalue weighted by Gasteiger charge is 2.19. The van der Waals surface area contributed by atoms with E-state index in [1.807, 2.05) is 51.4 Å². The second-order valence-corrected chi connectivity index (χ2v) is 7.04. The van der Waals surface area contributed by atoms with Crippen LogP contribution in [0.15, 0.2) is 48.9 Å². The minimum absolute atomic E-state index is 0.263. The summed E-state index contributed by atoms with van der Waals surface area (Å²) in [6.45, 7) is 3.42. The normalized spacial score (nSPS) is 11.3. The number of benzene rings is 1. The first-order chi connectivity index (χ1) is 14.0. The first-order valence-electron chi connectivity index (χ1n) is 9.28. The van der Waals surface area contributed by atoms with Gasteiger partial charge in [0.1, 0.15) is 0 Å². The Bertz CT molecular complexity index is 1150. The van der Waals surface area contributed by atoms with Crippen molar-refractivity contribution >= 4 is 22.5 Å². The first-order valence-corrected chi connectivity index (χ1v) is 9.28. The number of carbonyl (C=O) groups excluding carboxylic acids is 1.